The predicted molar refractivity (Wildman–Crippen MR) is 126 cm³/mol. The molecule has 0 radical (unpaired) electrons. The minimum Gasteiger partial charge on any atom is -0.368 e. The lowest BCUT2D eigenvalue weighted by molar-refractivity contribution is -0.384. The summed E-state index contributed by atoms with van der Waals surface area (Å²) in [6, 6.07) is 9.74. The molecule has 1 N–H and O–H groups in total. The van der Waals surface area contributed by atoms with Crippen LogP contribution in [0.5, 0.6) is 0 Å². The number of piperazine rings is 1. The lowest BCUT2D eigenvalue weighted by atomic mass is 10.1. The number of rotatable bonds is 6. The van der Waals surface area contributed by atoms with Gasteiger partial charge in [-0.15, -0.1) is 0 Å². The third kappa shape index (κ3) is 4.43. The van der Waals surface area contributed by atoms with Gasteiger partial charge in [-0.3, -0.25) is 24.6 Å². The molecule has 0 aromatic heterocycles. The molecule has 2 heterocycles. The minimum absolute atomic E-state index is 0.0463. The number of nitro benzene ring substituents is 1. The van der Waals surface area contributed by atoms with Crippen molar-refractivity contribution >= 4 is 29.2 Å². The Hall–Kier alpha value is -3.95. The number of urea groups is 1. The number of carbonyl (C=O) groups excluding carboxylic acids is 3. The summed E-state index contributed by atoms with van der Waals surface area (Å²) >= 11 is 0. The molecule has 2 aliphatic rings. The molecule has 0 spiro atoms. The topological polar surface area (TPSA) is 116 Å². The van der Waals surface area contributed by atoms with Gasteiger partial charge in [0.05, 0.1) is 16.1 Å². The van der Waals surface area contributed by atoms with Gasteiger partial charge in [0.1, 0.15) is 0 Å². The van der Waals surface area contributed by atoms with E-state index in [1.165, 1.54) is 28.9 Å². The summed E-state index contributed by atoms with van der Waals surface area (Å²) < 4.78 is 0. The second kappa shape index (κ2) is 9.50. The van der Waals surface area contributed by atoms with Crippen LogP contribution in [0, 0.1) is 24.0 Å². The Balaban J connectivity index is 1.23. The van der Waals surface area contributed by atoms with E-state index in [1.54, 1.807) is 4.90 Å². The number of amides is 4. The molecule has 10 nitrogen and oxygen atoms in total. The van der Waals surface area contributed by atoms with Crippen LogP contribution in [0.15, 0.2) is 36.4 Å². The van der Waals surface area contributed by atoms with Gasteiger partial charge in [-0.25, -0.2) is 4.79 Å². The monoisotopic (exact) mass is 465 g/mol. The number of carbonyl (C=O) groups is 3. The van der Waals surface area contributed by atoms with Gasteiger partial charge in [0, 0.05) is 57.1 Å². The van der Waals surface area contributed by atoms with E-state index in [0.717, 1.165) is 24.1 Å². The zero-order chi connectivity index (χ0) is 24.4. The molecular weight excluding hydrogens is 438 g/mol. The van der Waals surface area contributed by atoms with Crippen molar-refractivity contribution in [3.63, 3.8) is 0 Å². The molecule has 1 fully saturated rings. The molecule has 0 bridgehead atoms. The summed E-state index contributed by atoms with van der Waals surface area (Å²) in [5.74, 6) is -1.01. The largest absolute Gasteiger partial charge is 0.368 e. The first-order valence-corrected chi connectivity index (χ1v) is 11.3. The van der Waals surface area contributed by atoms with Crippen LogP contribution in [-0.2, 0) is 0 Å². The number of non-ortho nitro benzene ring substituents is 1. The molecule has 2 aliphatic heterocycles. The Morgan fingerprint density at radius 1 is 1.03 bits per heavy atom. The lowest BCUT2D eigenvalue weighted by Crippen LogP contribution is -2.52. The van der Waals surface area contributed by atoms with Crippen molar-refractivity contribution in [2.75, 3.05) is 44.2 Å². The van der Waals surface area contributed by atoms with E-state index in [9.17, 15) is 24.5 Å². The fourth-order valence-corrected chi connectivity index (χ4v) is 4.37. The third-order valence-electron chi connectivity index (χ3n) is 6.48. The quantitative estimate of drug-likeness (QED) is 0.304. The molecule has 0 unspecified atom stereocenters. The molecule has 2 aromatic carbocycles. The number of nitrogens with zero attached hydrogens (tertiary/aromatic N) is 4. The van der Waals surface area contributed by atoms with Gasteiger partial charge in [-0.1, -0.05) is 12.1 Å². The van der Waals surface area contributed by atoms with Crippen molar-refractivity contribution in [2.24, 2.45) is 0 Å². The predicted octanol–water partition coefficient (Wildman–Crippen LogP) is 2.73. The first kappa shape index (κ1) is 23.2. The number of nitrogens with one attached hydrogen (secondary N) is 1. The van der Waals surface area contributed by atoms with Crippen LogP contribution < -0.4 is 10.2 Å². The molecule has 4 amide bonds. The van der Waals surface area contributed by atoms with E-state index in [1.807, 2.05) is 6.07 Å². The van der Waals surface area contributed by atoms with Crippen LogP contribution in [0.3, 0.4) is 0 Å². The number of aryl methyl sites for hydroxylation is 1. The van der Waals surface area contributed by atoms with Crippen molar-refractivity contribution in [1.82, 2.24) is 15.1 Å². The number of imide groups is 1. The van der Waals surface area contributed by atoms with Gasteiger partial charge in [-0.05, 0) is 43.5 Å². The number of anilines is 1. The highest BCUT2D eigenvalue weighted by Crippen LogP contribution is 2.27. The standard InChI is InChI=1S/C24H27N5O5/c1-16-5-3-6-21(17(16)2)26-11-13-27(14-12-26)24(32)25-9-4-10-28-22(30)19-8-7-18(29(33)34)15-20(19)23(28)31/h3,5-8,15H,4,9-14H2,1-2H3,(H,25,32). The number of fused-ring (bicyclic) bond motifs is 1. The zero-order valence-electron chi connectivity index (χ0n) is 19.2. The molecule has 1 saturated heterocycles. The minimum atomic E-state index is -0.599. The van der Waals surface area contributed by atoms with Gasteiger partial charge in [-0.2, -0.15) is 0 Å². The van der Waals surface area contributed by atoms with Crippen LogP contribution in [-0.4, -0.2) is 71.8 Å². The summed E-state index contributed by atoms with van der Waals surface area (Å²) in [6.45, 7) is 7.35. The summed E-state index contributed by atoms with van der Waals surface area (Å²) in [7, 11) is 0. The smallest absolute Gasteiger partial charge is 0.317 e. The second-order valence-electron chi connectivity index (χ2n) is 8.53. The molecule has 4 rings (SSSR count). The summed E-state index contributed by atoms with van der Waals surface area (Å²) in [4.78, 5) is 53.0. The molecular formula is C24H27N5O5. The lowest BCUT2D eigenvalue weighted by Gasteiger charge is -2.37. The highest BCUT2D eigenvalue weighted by Gasteiger charge is 2.36. The van der Waals surface area contributed by atoms with Gasteiger partial charge >= 0.3 is 6.03 Å². The Morgan fingerprint density at radius 2 is 1.74 bits per heavy atom. The zero-order valence-corrected chi connectivity index (χ0v) is 19.2. The van der Waals surface area contributed by atoms with Gasteiger partial charge < -0.3 is 15.1 Å². The van der Waals surface area contributed by atoms with Crippen LogP contribution in [0.25, 0.3) is 0 Å². The SMILES string of the molecule is Cc1cccc(N2CCN(C(=O)NCCCN3C(=O)c4ccc([N+](=O)[O-])cc4C3=O)CC2)c1C. The van der Waals surface area contributed by atoms with Crippen molar-refractivity contribution in [2.45, 2.75) is 20.3 Å². The van der Waals surface area contributed by atoms with E-state index in [4.69, 9.17) is 0 Å². The van der Waals surface area contributed by atoms with E-state index < -0.39 is 16.7 Å². The Kier molecular flexibility index (Phi) is 6.49. The molecule has 34 heavy (non-hydrogen) atoms. The summed E-state index contributed by atoms with van der Waals surface area (Å²) in [5, 5.41) is 13.8. The third-order valence-corrected chi connectivity index (χ3v) is 6.48. The fourth-order valence-electron chi connectivity index (χ4n) is 4.37. The van der Waals surface area contributed by atoms with Crippen LogP contribution in [0.4, 0.5) is 16.2 Å². The maximum absolute atomic E-state index is 12.6. The number of nitro groups is 1. The highest BCUT2D eigenvalue weighted by molar-refractivity contribution is 6.21. The molecule has 0 atom stereocenters. The fraction of sp³-hybridized carbons (Fsp3) is 0.375. The average molecular weight is 466 g/mol. The summed E-state index contributed by atoms with van der Waals surface area (Å²) in [6.07, 6.45) is 0.391. The first-order chi connectivity index (χ1) is 16.3. The number of hydrogen-bond donors (Lipinski definition) is 1. The molecule has 0 saturated carbocycles. The van der Waals surface area contributed by atoms with Gasteiger partial charge in [0.2, 0.25) is 0 Å². The van der Waals surface area contributed by atoms with Crippen molar-refractivity contribution in [1.29, 1.82) is 0 Å². The Labute approximate surface area is 197 Å². The van der Waals surface area contributed by atoms with E-state index >= 15 is 0 Å². The Bertz CT molecular complexity index is 1160. The maximum atomic E-state index is 12.6. The van der Waals surface area contributed by atoms with Crippen LogP contribution in [0.1, 0.15) is 38.3 Å². The van der Waals surface area contributed by atoms with Crippen molar-refractivity contribution in [3.05, 3.63) is 68.8 Å². The molecule has 10 heteroatoms. The number of benzene rings is 2. The van der Waals surface area contributed by atoms with Gasteiger partial charge in [0.15, 0.2) is 0 Å². The molecule has 0 aliphatic carbocycles. The Morgan fingerprint density at radius 3 is 2.44 bits per heavy atom. The average Bonchev–Trinajstić information content (AvgIpc) is 3.07. The highest BCUT2D eigenvalue weighted by atomic mass is 16.6. The number of hydrogen-bond acceptors (Lipinski definition) is 6. The van der Waals surface area contributed by atoms with Gasteiger partial charge in [0.25, 0.3) is 17.5 Å². The first-order valence-electron chi connectivity index (χ1n) is 11.3. The summed E-state index contributed by atoms with van der Waals surface area (Å²) in [5.41, 5.74) is 3.68. The van der Waals surface area contributed by atoms with E-state index in [-0.39, 0.29) is 29.4 Å². The van der Waals surface area contributed by atoms with Crippen LogP contribution >= 0.6 is 0 Å². The van der Waals surface area contributed by atoms with E-state index in [2.05, 4.69) is 36.2 Å². The molecule has 178 valence electrons. The second-order valence-corrected chi connectivity index (χ2v) is 8.53. The molecule has 2 aromatic rings. The van der Waals surface area contributed by atoms with Crippen molar-refractivity contribution < 1.29 is 19.3 Å². The normalized spacial score (nSPS) is 15.5. The van der Waals surface area contributed by atoms with Crippen molar-refractivity contribution in [3.8, 4) is 0 Å². The van der Waals surface area contributed by atoms with E-state index in [0.29, 0.717) is 26.1 Å². The van der Waals surface area contributed by atoms with Crippen LogP contribution in [0.2, 0.25) is 0 Å². The maximum Gasteiger partial charge on any atom is 0.317 e.